The molecular formula is C20H30N4O4S. The molecule has 3 atom stereocenters. The first-order valence-corrected chi connectivity index (χ1v) is 10.4. The van der Waals surface area contributed by atoms with Gasteiger partial charge in [-0.05, 0) is 49.2 Å². The van der Waals surface area contributed by atoms with Crippen LogP contribution in [-0.4, -0.2) is 85.6 Å². The molecule has 0 spiro atoms. The summed E-state index contributed by atoms with van der Waals surface area (Å²) in [7, 11) is 3.14. The zero-order chi connectivity index (χ0) is 21.2. The minimum Gasteiger partial charge on any atom is -0.400 e. The van der Waals surface area contributed by atoms with Gasteiger partial charge in [0.15, 0.2) is 6.29 Å². The van der Waals surface area contributed by atoms with Gasteiger partial charge in [0.05, 0.1) is 18.8 Å². The number of nitrogens with zero attached hydrogens (tertiary/aromatic N) is 3. The van der Waals surface area contributed by atoms with E-state index in [-0.39, 0.29) is 6.61 Å². The van der Waals surface area contributed by atoms with E-state index in [0.717, 1.165) is 50.8 Å². The monoisotopic (exact) mass is 422 g/mol. The first kappa shape index (κ1) is 23.6. The van der Waals surface area contributed by atoms with Crippen LogP contribution in [0, 0.1) is 11.3 Å². The molecule has 2 aliphatic heterocycles. The molecule has 0 aliphatic carbocycles. The van der Waals surface area contributed by atoms with E-state index in [0.29, 0.717) is 11.3 Å². The van der Waals surface area contributed by atoms with E-state index in [1.54, 1.807) is 6.08 Å². The Morgan fingerprint density at radius 1 is 1.21 bits per heavy atom. The number of ether oxygens (including phenoxy) is 1. The average Bonchev–Trinajstić information content (AvgIpc) is 2.76. The highest BCUT2D eigenvalue weighted by Gasteiger charge is 2.29. The van der Waals surface area contributed by atoms with Gasteiger partial charge in [-0.3, -0.25) is 4.72 Å². The molecule has 29 heavy (non-hydrogen) atoms. The van der Waals surface area contributed by atoms with Crippen molar-refractivity contribution >= 4 is 23.7 Å². The van der Waals surface area contributed by atoms with E-state index in [1.165, 1.54) is 5.69 Å². The van der Waals surface area contributed by atoms with Gasteiger partial charge >= 0.3 is 0 Å². The molecule has 0 radical (unpaired) electrons. The summed E-state index contributed by atoms with van der Waals surface area (Å²) in [5.41, 5.74) is 2.14. The lowest BCUT2D eigenvalue weighted by Gasteiger charge is -2.34. The van der Waals surface area contributed by atoms with Crippen LogP contribution in [0.4, 0.5) is 5.69 Å². The summed E-state index contributed by atoms with van der Waals surface area (Å²) < 4.78 is 8.10. The normalized spacial score (nSPS) is 25.7. The van der Waals surface area contributed by atoms with Crippen LogP contribution in [-0.2, 0) is 4.74 Å². The van der Waals surface area contributed by atoms with Gasteiger partial charge in [0.25, 0.3) is 0 Å². The van der Waals surface area contributed by atoms with Crippen LogP contribution >= 0.6 is 11.9 Å². The highest BCUT2D eigenvalue weighted by Crippen LogP contribution is 2.22. The molecule has 1 aromatic carbocycles. The fraction of sp³-hybridized carbons (Fsp3) is 0.550. The first-order valence-electron chi connectivity index (χ1n) is 9.55. The van der Waals surface area contributed by atoms with Crippen LogP contribution in [0.2, 0.25) is 0 Å². The van der Waals surface area contributed by atoms with Crippen LogP contribution < -0.4 is 9.62 Å². The summed E-state index contributed by atoms with van der Waals surface area (Å²) in [5, 5.41) is 35.8. The fourth-order valence-corrected chi connectivity index (χ4v) is 3.86. The van der Waals surface area contributed by atoms with E-state index >= 15 is 0 Å². The quantitative estimate of drug-likeness (QED) is 0.401. The lowest BCUT2D eigenvalue weighted by atomic mass is 10.1. The standard InChI is InChI=1S/C19H26N4O3S.CH4O/c1-22-6-8-23(9-7-22)15-4-2-14(3-5-15)10-17(12-20)27-21-18-11-16(24)13-26-19(18)25;1-2/h2-5,10,16,18-19,21,24-25H,6-9,11,13H2,1H3;2H,1H3/b17-10+;. The molecule has 0 amide bonds. The third-order valence-corrected chi connectivity index (χ3v) is 5.67. The van der Waals surface area contributed by atoms with Gasteiger partial charge in [-0.1, -0.05) is 12.1 Å². The summed E-state index contributed by atoms with van der Waals surface area (Å²) >= 11 is 1.14. The van der Waals surface area contributed by atoms with Crippen molar-refractivity contribution in [3.8, 4) is 6.07 Å². The Balaban J connectivity index is 0.00000145. The number of hydrogen-bond donors (Lipinski definition) is 4. The van der Waals surface area contributed by atoms with Crippen molar-refractivity contribution < 1.29 is 20.1 Å². The summed E-state index contributed by atoms with van der Waals surface area (Å²) in [6.45, 7) is 4.30. The number of aliphatic hydroxyl groups is 3. The Hall–Kier alpha value is -1.64. The highest BCUT2D eigenvalue weighted by atomic mass is 32.2. The molecule has 3 rings (SSSR count). The highest BCUT2D eigenvalue weighted by molar-refractivity contribution is 8.01. The second-order valence-corrected chi connectivity index (χ2v) is 7.82. The topological polar surface area (TPSA) is 112 Å². The molecule has 1 aromatic rings. The number of hydrogen-bond acceptors (Lipinski definition) is 9. The molecule has 2 aliphatic rings. The zero-order valence-corrected chi connectivity index (χ0v) is 17.7. The summed E-state index contributed by atoms with van der Waals surface area (Å²) in [6.07, 6.45) is 0.594. The average molecular weight is 423 g/mol. The van der Waals surface area contributed by atoms with Crippen molar-refractivity contribution in [1.82, 2.24) is 9.62 Å². The van der Waals surface area contributed by atoms with Crippen LogP contribution in [0.15, 0.2) is 29.2 Å². The Morgan fingerprint density at radius 3 is 2.48 bits per heavy atom. The van der Waals surface area contributed by atoms with Gasteiger partial charge in [-0.25, -0.2) is 0 Å². The van der Waals surface area contributed by atoms with E-state index < -0.39 is 18.4 Å². The van der Waals surface area contributed by atoms with Crippen molar-refractivity contribution in [2.24, 2.45) is 0 Å². The molecule has 2 heterocycles. The van der Waals surface area contributed by atoms with E-state index in [9.17, 15) is 15.5 Å². The molecule has 9 heteroatoms. The molecule has 0 aromatic heterocycles. The number of nitrogens with one attached hydrogen (secondary N) is 1. The van der Waals surface area contributed by atoms with Crippen molar-refractivity contribution in [1.29, 1.82) is 5.26 Å². The summed E-state index contributed by atoms with van der Waals surface area (Å²) in [6, 6.07) is 9.92. The van der Waals surface area contributed by atoms with Crippen LogP contribution in [0.1, 0.15) is 12.0 Å². The number of anilines is 1. The number of rotatable bonds is 5. The Morgan fingerprint density at radius 2 is 1.86 bits per heavy atom. The Bertz CT molecular complexity index is 687. The van der Waals surface area contributed by atoms with Crippen LogP contribution in [0.3, 0.4) is 0 Å². The number of likely N-dealkylation sites (N-methyl/N-ethyl adjacent to an activating group) is 1. The van der Waals surface area contributed by atoms with Gasteiger partial charge in [0, 0.05) is 39.0 Å². The maximum absolute atomic E-state index is 9.81. The van der Waals surface area contributed by atoms with Crippen molar-refractivity contribution in [2.45, 2.75) is 24.9 Å². The van der Waals surface area contributed by atoms with Gasteiger partial charge in [0.1, 0.15) is 11.0 Å². The number of piperazine rings is 1. The number of nitriles is 1. The van der Waals surface area contributed by atoms with Crippen molar-refractivity contribution in [3.63, 3.8) is 0 Å². The zero-order valence-electron chi connectivity index (χ0n) is 16.9. The van der Waals surface area contributed by atoms with E-state index in [4.69, 9.17) is 9.84 Å². The van der Waals surface area contributed by atoms with Gasteiger partial charge < -0.3 is 29.9 Å². The van der Waals surface area contributed by atoms with Gasteiger partial charge in [-0.15, -0.1) is 0 Å². The summed E-state index contributed by atoms with van der Waals surface area (Å²) in [4.78, 5) is 5.17. The minimum absolute atomic E-state index is 0.130. The van der Waals surface area contributed by atoms with Gasteiger partial charge in [-0.2, -0.15) is 5.26 Å². The smallest absolute Gasteiger partial charge is 0.171 e. The molecule has 0 bridgehead atoms. The van der Waals surface area contributed by atoms with Crippen molar-refractivity contribution in [2.75, 3.05) is 51.8 Å². The lowest BCUT2D eigenvalue weighted by Crippen LogP contribution is -2.46. The SMILES string of the molecule is CN1CCN(c2ccc(/C=C(\C#N)SNC3CC(O)COC3O)cc2)CC1.CO. The van der Waals surface area contributed by atoms with Gasteiger partial charge in [0.2, 0.25) is 0 Å². The number of benzene rings is 1. The number of allylic oxidation sites excluding steroid dienone is 1. The van der Waals surface area contributed by atoms with E-state index in [1.807, 2.05) is 12.1 Å². The minimum atomic E-state index is -0.983. The predicted molar refractivity (Wildman–Crippen MR) is 115 cm³/mol. The molecule has 8 nitrogen and oxygen atoms in total. The predicted octanol–water partition coefficient (Wildman–Crippen LogP) is 0.617. The maximum Gasteiger partial charge on any atom is 0.171 e. The largest absolute Gasteiger partial charge is 0.400 e. The Labute approximate surface area is 176 Å². The maximum atomic E-state index is 9.81. The summed E-state index contributed by atoms with van der Waals surface area (Å²) in [5.74, 6) is 0. The third-order valence-electron chi connectivity index (χ3n) is 4.82. The fourth-order valence-electron chi connectivity index (χ4n) is 3.13. The molecular weight excluding hydrogens is 392 g/mol. The van der Waals surface area contributed by atoms with E-state index in [2.05, 4.69) is 39.8 Å². The molecule has 160 valence electrons. The number of aliphatic hydroxyl groups excluding tert-OH is 3. The van der Waals surface area contributed by atoms with Crippen molar-refractivity contribution in [3.05, 3.63) is 34.7 Å². The molecule has 0 saturated carbocycles. The molecule has 4 N–H and O–H groups in total. The first-order chi connectivity index (χ1) is 14.0. The van der Waals surface area contributed by atoms with Crippen LogP contribution in [0.25, 0.3) is 6.08 Å². The second-order valence-electron chi connectivity index (χ2n) is 6.94. The molecule has 2 fully saturated rings. The Kier molecular flexibility index (Phi) is 9.90. The van der Waals surface area contributed by atoms with Crippen LogP contribution in [0.5, 0.6) is 0 Å². The molecule has 2 saturated heterocycles. The third kappa shape index (κ3) is 7.28. The second kappa shape index (κ2) is 12.1. The molecule has 3 unspecified atom stereocenters. The lowest BCUT2D eigenvalue weighted by molar-refractivity contribution is -0.168.